The van der Waals surface area contributed by atoms with Crippen molar-refractivity contribution < 1.29 is 0 Å². The van der Waals surface area contributed by atoms with E-state index in [2.05, 4.69) is 74.9 Å². The minimum Gasteiger partial charge on any atom is -0.348 e. The first-order valence-electron chi connectivity index (χ1n) is 6.62. The summed E-state index contributed by atoms with van der Waals surface area (Å²) in [6.07, 6.45) is 1.93. The molecule has 0 saturated carbocycles. The van der Waals surface area contributed by atoms with Gasteiger partial charge in [0.15, 0.2) is 0 Å². The quantitative estimate of drug-likeness (QED) is 0.722. The predicted octanol–water partition coefficient (Wildman–Crippen LogP) is 4.38. The lowest BCUT2D eigenvalue weighted by Crippen LogP contribution is -2.59. The lowest BCUT2D eigenvalue weighted by molar-refractivity contribution is 0.743. The number of nitrogens with zero attached hydrogens (tertiary/aromatic N) is 1. The van der Waals surface area contributed by atoms with Gasteiger partial charge in [-0.3, -0.25) is 0 Å². The highest BCUT2D eigenvalue weighted by atomic mass is 28.4. The van der Waals surface area contributed by atoms with E-state index in [9.17, 15) is 0 Å². The molecule has 3 heteroatoms. The Kier molecular flexibility index (Phi) is 4.75. The van der Waals surface area contributed by atoms with Crippen molar-refractivity contribution in [1.29, 1.82) is 0 Å². The van der Waals surface area contributed by atoms with E-state index in [1.165, 1.54) is 17.2 Å². The molecule has 0 heterocycles. The van der Waals surface area contributed by atoms with E-state index in [-0.39, 0.29) is 0 Å². The standard InChI is InChI=1S/C15H27NSi2/c1-8-14-10-9-11-15(12-14)13-18(6,7)16(2)17(3,4)5/h8-12H,1,13H2,2-7H3. The molecule has 0 radical (unpaired) electrons. The predicted molar refractivity (Wildman–Crippen MR) is 88.8 cm³/mol. The minimum absolute atomic E-state index is 1.20. The van der Waals surface area contributed by atoms with Gasteiger partial charge in [-0.1, -0.05) is 69.7 Å². The smallest absolute Gasteiger partial charge is 0.119 e. The van der Waals surface area contributed by atoms with Crippen LogP contribution in [0.5, 0.6) is 0 Å². The molecule has 1 aromatic rings. The van der Waals surface area contributed by atoms with E-state index in [4.69, 9.17) is 0 Å². The van der Waals surface area contributed by atoms with Gasteiger partial charge in [0.2, 0.25) is 0 Å². The molecule has 1 nitrogen and oxygen atoms in total. The fourth-order valence-electron chi connectivity index (χ4n) is 2.36. The van der Waals surface area contributed by atoms with Gasteiger partial charge in [0.1, 0.15) is 16.5 Å². The lowest BCUT2D eigenvalue weighted by Gasteiger charge is -2.42. The third-order valence-electron chi connectivity index (χ3n) is 3.74. The normalized spacial score (nSPS) is 12.8. The molecular formula is C15H27NSi2. The molecule has 0 aliphatic carbocycles. The SMILES string of the molecule is C=Cc1cccc(C[Si](C)(C)N(C)[Si](C)(C)C)c1. The Morgan fingerprint density at radius 1 is 1.17 bits per heavy atom. The van der Waals surface area contributed by atoms with Crippen molar-refractivity contribution in [2.24, 2.45) is 0 Å². The number of hydrogen-bond acceptors (Lipinski definition) is 1. The van der Waals surface area contributed by atoms with Crippen molar-refractivity contribution >= 4 is 22.5 Å². The second-order valence-corrected chi connectivity index (χ2v) is 16.8. The fourth-order valence-corrected chi connectivity index (χ4v) is 11.3. The Balaban J connectivity index is 2.91. The third-order valence-corrected chi connectivity index (χ3v) is 12.7. The minimum atomic E-state index is -1.36. The number of rotatable bonds is 5. The van der Waals surface area contributed by atoms with Crippen LogP contribution in [0.3, 0.4) is 0 Å². The van der Waals surface area contributed by atoms with Crippen LogP contribution in [0, 0.1) is 0 Å². The van der Waals surface area contributed by atoms with Crippen molar-refractivity contribution in [1.82, 2.24) is 4.23 Å². The molecule has 0 N–H and O–H groups in total. The van der Waals surface area contributed by atoms with E-state index < -0.39 is 16.5 Å². The van der Waals surface area contributed by atoms with Crippen LogP contribution < -0.4 is 0 Å². The molecule has 0 bridgehead atoms. The maximum absolute atomic E-state index is 3.85. The molecule has 0 aliphatic rings. The first-order valence-corrected chi connectivity index (χ1v) is 13.2. The monoisotopic (exact) mass is 277 g/mol. The first-order chi connectivity index (χ1) is 8.16. The van der Waals surface area contributed by atoms with Crippen LogP contribution >= 0.6 is 0 Å². The molecule has 0 saturated heterocycles. The van der Waals surface area contributed by atoms with Crippen LogP contribution in [0.4, 0.5) is 0 Å². The van der Waals surface area contributed by atoms with Crippen LogP contribution in [0.15, 0.2) is 30.8 Å². The van der Waals surface area contributed by atoms with Crippen molar-refractivity contribution in [2.75, 3.05) is 7.05 Å². The molecular weight excluding hydrogens is 250 g/mol. The van der Waals surface area contributed by atoms with Crippen LogP contribution in [0.1, 0.15) is 11.1 Å². The molecule has 0 aliphatic heterocycles. The average Bonchev–Trinajstić information content (AvgIpc) is 2.26. The zero-order valence-electron chi connectivity index (χ0n) is 12.7. The maximum Gasteiger partial charge on any atom is 0.119 e. The van der Waals surface area contributed by atoms with Gasteiger partial charge in [0, 0.05) is 0 Å². The van der Waals surface area contributed by atoms with Gasteiger partial charge in [0.05, 0.1) is 0 Å². The van der Waals surface area contributed by atoms with E-state index in [1.807, 2.05) is 6.08 Å². The molecule has 0 amide bonds. The Morgan fingerprint density at radius 3 is 2.28 bits per heavy atom. The summed E-state index contributed by atoms with van der Waals surface area (Å²) in [5.41, 5.74) is 2.68. The van der Waals surface area contributed by atoms with E-state index >= 15 is 0 Å². The van der Waals surface area contributed by atoms with E-state index in [0.717, 1.165) is 0 Å². The molecule has 0 spiro atoms. The van der Waals surface area contributed by atoms with Crippen LogP contribution in [0.2, 0.25) is 32.7 Å². The van der Waals surface area contributed by atoms with Gasteiger partial charge >= 0.3 is 0 Å². The molecule has 0 fully saturated rings. The topological polar surface area (TPSA) is 3.24 Å². The van der Waals surface area contributed by atoms with Gasteiger partial charge in [-0.25, -0.2) is 0 Å². The van der Waals surface area contributed by atoms with Gasteiger partial charge < -0.3 is 4.23 Å². The van der Waals surface area contributed by atoms with Crippen LogP contribution in [0.25, 0.3) is 6.08 Å². The Bertz CT molecular complexity index is 419. The summed E-state index contributed by atoms with van der Waals surface area (Å²) in [6, 6.07) is 10.0. The molecule has 0 aromatic heterocycles. The van der Waals surface area contributed by atoms with Crippen LogP contribution in [-0.2, 0) is 6.04 Å². The summed E-state index contributed by atoms with van der Waals surface area (Å²) in [7, 11) is -0.226. The average molecular weight is 278 g/mol. The molecule has 1 rings (SSSR count). The second kappa shape index (κ2) is 5.55. The van der Waals surface area contributed by atoms with Crippen molar-refractivity contribution in [3.8, 4) is 0 Å². The second-order valence-electron chi connectivity index (χ2n) is 6.67. The summed E-state index contributed by atoms with van der Waals surface area (Å²) in [4.78, 5) is 0. The van der Waals surface area contributed by atoms with E-state index in [1.54, 1.807) is 0 Å². The molecule has 0 atom stereocenters. The zero-order chi connectivity index (χ0) is 14.0. The molecule has 0 unspecified atom stereocenters. The van der Waals surface area contributed by atoms with Gasteiger partial charge in [-0.2, -0.15) is 0 Å². The van der Waals surface area contributed by atoms with Crippen LogP contribution in [-0.4, -0.2) is 27.7 Å². The van der Waals surface area contributed by atoms with Gasteiger partial charge in [-0.05, 0) is 24.2 Å². The molecule has 18 heavy (non-hydrogen) atoms. The summed E-state index contributed by atoms with van der Waals surface area (Å²) in [5, 5.41) is 0. The number of benzene rings is 1. The first kappa shape index (κ1) is 15.4. The van der Waals surface area contributed by atoms with Crippen molar-refractivity contribution in [3.05, 3.63) is 42.0 Å². The summed E-state index contributed by atoms with van der Waals surface area (Å²) in [6.45, 7) is 16.1. The van der Waals surface area contributed by atoms with E-state index in [0.29, 0.717) is 0 Å². The highest BCUT2D eigenvalue weighted by molar-refractivity contribution is 6.89. The Morgan fingerprint density at radius 2 is 1.78 bits per heavy atom. The Hall–Kier alpha value is -0.646. The molecule has 100 valence electrons. The van der Waals surface area contributed by atoms with Gasteiger partial charge in [-0.15, -0.1) is 0 Å². The number of hydrogen-bond donors (Lipinski definition) is 0. The maximum atomic E-state index is 3.85. The summed E-state index contributed by atoms with van der Waals surface area (Å²) < 4.78 is 2.72. The lowest BCUT2D eigenvalue weighted by atomic mass is 10.1. The van der Waals surface area contributed by atoms with Crippen molar-refractivity contribution in [2.45, 2.75) is 38.8 Å². The largest absolute Gasteiger partial charge is 0.348 e. The highest BCUT2D eigenvalue weighted by Gasteiger charge is 2.34. The van der Waals surface area contributed by atoms with Crippen molar-refractivity contribution in [3.63, 3.8) is 0 Å². The highest BCUT2D eigenvalue weighted by Crippen LogP contribution is 2.22. The van der Waals surface area contributed by atoms with Gasteiger partial charge in [0.25, 0.3) is 0 Å². The third kappa shape index (κ3) is 3.93. The molecule has 1 aromatic carbocycles. The summed E-state index contributed by atoms with van der Waals surface area (Å²) >= 11 is 0. The fraction of sp³-hybridized carbons (Fsp3) is 0.467. The summed E-state index contributed by atoms with van der Waals surface area (Å²) in [5.74, 6) is 0. The Labute approximate surface area is 115 Å². The zero-order valence-corrected chi connectivity index (χ0v) is 14.7.